The molecule has 1 aromatic carbocycles. The Morgan fingerprint density at radius 1 is 1.36 bits per heavy atom. The lowest BCUT2D eigenvalue weighted by Crippen LogP contribution is -2.38. The molecule has 1 atom stereocenters. The first kappa shape index (κ1) is 17.0. The van der Waals surface area contributed by atoms with Crippen LogP contribution >= 0.6 is 11.3 Å². The van der Waals surface area contributed by atoms with Crippen LogP contribution in [0.5, 0.6) is 5.75 Å². The zero-order valence-corrected chi connectivity index (χ0v) is 14.3. The smallest absolute Gasteiger partial charge is 0.244 e. The molecule has 0 saturated carbocycles. The van der Waals surface area contributed by atoms with Crippen LogP contribution in [-0.2, 0) is 15.6 Å². The number of thiophene rings is 1. The summed E-state index contributed by atoms with van der Waals surface area (Å²) in [6.45, 7) is 3.27. The van der Waals surface area contributed by atoms with Gasteiger partial charge in [-0.25, -0.2) is 13.1 Å². The van der Waals surface area contributed by atoms with E-state index in [9.17, 15) is 13.5 Å². The van der Waals surface area contributed by atoms with Crippen LogP contribution in [0.4, 0.5) is 0 Å². The van der Waals surface area contributed by atoms with E-state index in [1.807, 2.05) is 11.4 Å². The van der Waals surface area contributed by atoms with Crippen LogP contribution in [0, 0.1) is 6.92 Å². The van der Waals surface area contributed by atoms with Crippen molar-refractivity contribution in [3.63, 3.8) is 0 Å². The Labute approximate surface area is 134 Å². The minimum atomic E-state index is -3.78. The highest BCUT2D eigenvalue weighted by atomic mass is 32.2. The van der Waals surface area contributed by atoms with E-state index < -0.39 is 15.6 Å². The van der Waals surface area contributed by atoms with Crippen molar-refractivity contribution in [1.82, 2.24) is 4.72 Å². The van der Waals surface area contributed by atoms with Gasteiger partial charge in [0.15, 0.2) is 0 Å². The SMILES string of the molecule is COc1ccc(C)cc1S(=O)(=O)NC[C@](C)(O)c1cccs1. The normalized spacial score (nSPS) is 14.5. The monoisotopic (exact) mass is 341 g/mol. The minimum absolute atomic E-state index is 0.0666. The van der Waals surface area contributed by atoms with Crippen molar-refractivity contribution in [1.29, 1.82) is 0 Å². The van der Waals surface area contributed by atoms with Gasteiger partial charge in [-0.3, -0.25) is 0 Å². The zero-order chi connectivity index (χ0) is 16.4. The lowest BCUT2D eigenvalue weighted by molar-refractivity contribution is 0.0666. The lowest BCUT2D eigenvalue weighted by atomic mass is 10.1. The first-order chi connectivity index (χ1) is 10.3. The standard InChI is InChI=1S/C15H19NO4S2/c1-11-6-7-12(20-3)13(9-11)22(18,19)16-10-15(2,17)14-5-4-8-21-14/h4-9,16-17H,10H2,1-3H3/t15-/m0/s1. The summed E-state index contributed by atoms with van der Waals surface area (Å²) < 4.78 is 32.5. The third kappa shape index (κ3) is 3.67. The van der Waals surface area contributed by atoms with Crippen molar-refractivity contribution in [2.24, 2.45) is 0 Å². The van der Waals surface area contributed by atoms with Gasteiger partial charge < -0.3 is 9.84 Å². The Bertz CT molecular complexity index is 737. The van der Waals surface area contributed by atoms with E-state index in [4.69, 9.17) is 4.74 Å². The highest BCUT2D eigenvalue weighted by molar-refractivity contribution is 7.89. The van der Waals surface area contributed by atoms with Crippen molar-refractivity contribution >= 4 is 21.4 Å². The van der Waals surface area contributed by atoms with Crippen LogP contribution in [0.15, 0.2) is 40.6 Å². The predicted molar refractivity (Wildman–Crippen MR) is 86.8 cm³/mol. The molecule has 2 N–H and O–H groups in total. The highest BCUT2D eigenvalue weighted by Crippen LogP contribution is 2.27. The van der Waals surface area contributed by atoms with Crippen LogP contribution in [0.25, 0.3) is 0 Å². The second-order valence-corrected chi connectivity index (χ2v) is 7.91. The first-order valence-electron chi connectivity index (χ1n) is 6.67. The molecular formula is C15H19NO4S2. The van der Waals surface area contributed by atoms with Crippen LogP contribution in [0.2, 0.25) is 0 Å². The number of methoxy groups -OCH3 is 1. The van der Waals surface area contributed by atoms with Crippen molar-refractivity contribution in [3.8, 4) is 5.75 Å². The van der Waals surface area contributed by atoms with Crippen molar-refractivity contribution in [2.45, 2.75) is 24.3 Å². The summed E-state index contributed by atoms with van der Waals surface area (Å²) in [5.41, 5.74) is -0.454. The lowest BCUT2D eigenvalue weighted by Gasteiger charge is -2.22. The molecule has 7 heteroatoms. The average Bonchev–Trinajstić information content (AvgIpc) is 3.00. The maximum absolute atomic E-state index is 12.5. The van der Waals surface area contributed by atoms with E-state index in [0.717, 1.165) is 5.56 Å². The topological polar surface area (TPSA) is 75.6 Å². The number of rotatable bonds is 6. The van der Waals surface area contributed by atoms with E-state index >= 15 is 0 Å². The Kier molecular flexibility index (Phi) is 4.91. The number of nitrogens with one attached hydrogen (secondary N) is 1. The Morgan fingerprint density at radius 3 is 2.68 bits per heavy atom. The van der Waals surface area contributed by atoms with E-state index in [1.54, 1.807) is 38.1 Å². The largest absolute Gasteiger partial charge is 0.495 e. The maximum atomic E-state index is 12.5. The van der Waals surface area contributed by atoms with E-state index in [-0.39, 0.29) is 17.2 Å². The number of aryl methyl sites for hydroxylation is 1. The molecule has 0 bridgehead atoms. The quantitative estimate of drug-likeness (QED) is 0.845. The summed E-state index contributed by atoms with van der Waals surface area (Å²) in [5.74, 6) is 0.272. The Balaban J connectivity index is 2.24. The molecule has 0 aliphatic rings. The van der Waals surface area contributed by atoms with Gasteiger partial charge in [-0.1, -0.05) is 12.1 Å². The molecular weight excluding hydrogens is 322 g/mol. The second kappa shape index (κ2) is 6.37. The van der Waals surface area contributed by atoms with Gasteiger partial charge in [-0.15, -0.1) is 11.3 Å². The predicted octanol–water partition coefficient (Wildman–Crippen LogP) is 2.25. The molecule has 2 aromatic rings. The molecule has 1 heterocycles. The van der Waals surface area contributed by atoms with Crippen molar-refractivity contribution in [2.75, 3.05) is 13.7 Å². The summed E-state index contributed by atoms with van der Waals surface area (Å²) in [7, 11) is -2.36. The zero-order valence-electron chi connectivity index (χ0n) is 12.7. The fraction of sp³-hybridized carbons (Fsp3) is 0.333. The molecule has 1 aromatic heterocycles. The molecule has 0 amide bonds. The van der Waals surface area contributed by atoms with Crippen molar-refractivity contribution in [3.05, 3.63) is 46.2 Å². The average molecular weight is 341 g/mol. The van der Waals surface area contributed by atoms with Gasteiger partial charge in [0.05, 0.1) is 7.11 Å². The summed E-state index contributed by atoms with van der Waals surface area (Å²) in [5, 5.41) is 12.3. The number of ether oxygens (including phenoxy) is 1. The molecule has 22 heavy (non-hydrogen) atoms. The molecule has 0 aliphatic heterocycles. The molecule has 0 aliphatic carbocycles. The summed E-state index contributed by atoms with van der Waals surface area (Å²) in [6.07, 6.45) is 0. The fourth-order valence-corrected chi connectivity index (χ4v) is 4.15. The first-order valence-corrected chi connectivity index (χ1v) is 9.03. The summed E-state index contributed by atoms with van der Waals surface area (Å²) in [6, 6.07) is 8.51. The van der Waals surface area contributed by atoms with Gasteiger partial charge in [-0.05, 0) is 43.0 Å². The van der Waals surface area contributed by atoms with Gasteiger partial charge >= 0.3 is 0 Å². The van der Waals surface area contributed by atoms with Gasteiger partial charge in [0.2, 0.25) is 10.0 Å². The minimum Gasteiger partial charge on any atom is -0.495 e. The molecule has 0 fully saturated rings. The number of hydrogen-bond acceptors (Lipinski definition) is 5. The van der Waals surface area contributed by atoms with E-state index in [1.165, 1.54) is 18.4 Å². The van der Waals surface area contributed by atoms with Gasteiger partial charge in [-0.2, -0.15) is 0 Å². The van der Waals surface area contributed by atoms with Gasteiger partial charge in [0, 0.05) is 11.4 Å². The van der Waals surface area contributed by atoms with E-state index in [0.29, 0.717) is 4.88 Å². The van der Waals surface area contributed by atoms with Crippen LogP contribution in [-0.4, -0.2) is 27.2 Å². The van der Waals surface area contributed by atoms with Gasteiger partial charge in [0.25, 0.3) is 0 Å². The van der Waals surface area contributed by atoms with Gasteiger partial charge in [0.1, 0.15) is 16.2 Å². The second-order valence-electron chi connectivity index (χ2n) is 5.23. The van der Waals surface area contributed by atoms with Crippen molar-refractivity contribution < 1.29 is 18.3 Å². The number of sulfonamides is 1. The highest BCUT2D eigenvalue weighted by Gasteiger charge is 2.28. The maximum Gasteiger partial charge on any atom is 0.244 e. The third-order valence-electron chi connectivity index (χ3n) is 3.27. The fourth-order valence-electron chi connectivity index (χ4n) is 1.98. The Hall–Kier alpha value is -1.41. The molecule has 0 radical (unpaired) electrons. The Morgan fingerprint density at radius 2 is 2.09 bits per heavy atom. The molecule has 5 nitrogen and oxygen atoms in total. The molecule has 0 saturated heterocycles. The van der Waals surface area contributed by atoms with Crippen LogP contribution in [0.1, 0.15) is 17.4 Å². The van der Waals surface area contributed by atoms with Crippen LogP contribution in [0.3, 0.4) is 0 Å². The number of hydrogen-bond donors (Lipinski definition) is 2. The molecule has 2 rings (SSSR count). The molecule has 0 unspecified atom stereocenters. The number of benzene rings is 1. The third-order valence-corrected chi connectivity index (χ3v) is 5.81. The number of aliphatic hydroxyl groups is 1. The molecule has 0 spiro atoms. The summed E-state index contributed by atoms with van der Waals surface area (Å²) in [4.78, 5) is 0.767. The summed E-state index contributed by atoms with van der Waals surface area (Å²) >= 11 is 1.38. The molecule has 120 valence electrons. The van der Waals surface area contributed by atoms with E-state index in [2.05, 4.69) is 4.72 Å². The van der Waals surface area contributed by atoms with Crippen LogP contribution < -0.4 is 9.46 Å².